The molecule has 14 nitrogen and oxygen atoms in total. The minimum atomic E-state index is -1.05. The molecule has 0 amide bonds. The lowest BCUT2D eigenvalue weighted by atomic mass is 9.77. The normalized spacial score (nSPS) is 19.4. The van der Waals surface area contributed by atoms with Gasteiger partial charge < -0.3 is 56.8 Å². The van der Waals surface area contributed by atoms with Crippen molar-refractivity contribution in [3.8, 4) is 57.5 Å². The maximum Gasteiger partial charge on any atom is 0.303 e. The van der Waals surface area contributed by atoms with Crippen LogP contribution in [0.3, 0.4) is 0 Å². The Kier molecular flexibility index (Phi) is 11.8. The van der Waals surface area contributed by atoms with Gasteiger partial charge in [0.2, 0.25) is 0 Å². The zero-order valence-electron chi connectivity index (χ0n) is 33.0. The second-order valence-electron chi connectivity index (χ2n) is 13.0. The molecule has 0 saturated heterocycles. The van der Waals surface area contributed by atoms with E-state index in [-0.39, 0.29) is 6.42 Å². The minimum Gasteiger partial charge on any atom is -0.496 e. The highest BCUT2D eigenvalue weighted by molar-refractivity contribution is 5.70. The highest BCUT2D eigenvalue weighted by Gasteiger charge is 2.49. The number of methoxy groups -OCH3 is 8. The molecule has 6 rings (SSSR count). The highest BCUT2D eigenvalue weighted by atomic mass is 16.6. The van der Waals surface area contributed by atoms with Crippen LogP contribution in [-0.4, -0.2) is 81.0 Å². The molecule has 56 heavy (non-hydrogen) atoms. The number of rotatable bonds is 13. The van der Waals surface area contributed by atoms with Gasteiger partial charge in [0, 0.05) is 66.3 Å². The van der Waals surface area contributed by atoms with E-state index in [9.17, 15) is 9.59 Å². The van der Waals surface area contributed by atoms with Gasteiger partial charge in [-0.05, 0) is 24.3 Å². The zero-order valence-corrected chi connectivity index (χ0v) is 33.0. The van der Waals surface area contributed by atoms with E-state index in [1.54, 1.807) is 63.8 Å². The van der Waals surface area contributed by atoms with Gasteiger partial charge in [-0.2, -0.15) is 0 Å². The molecule has 5 atom stereocenters. The Bertz CT molecular complexity index is 2090. The summed E-state index contributed by atoms with van der Waals surface area (Å²) in [6.07, 6.45) is -3.44. The fourth-order valence-corrected chi connectivity index (χ4v) is 7.51. The number of carbonyl (C=O) groups is 2. The number of carbonyl (C=O) groups excluding carboxylic acids is 2. The predicted octanol–water partition coefficient (Wildman–Crippen LogP) is 6.56. The average molecular weight is 775 g/mol. The number of benzene rings is 4. The molecular formula is C42H46O14. The van der Waals surface area contributed by atoms with Gasteiger partial charge in [0.25, 0.3) is 0 Å². The van der Waals surface area contributed by atoms with E-state index in [4.69, 9.17) is 56.8 Å². The molecule has 0 unspecified atom stereocenters. The summed E-state index contributed by atoms with van der Waals surface area (Å²) in [5.74, 6) is 2.38. The van der Waals surface area contributed by atoms with Crippen molar-refractivity contribution in [2.24, 2.45) is 0 Å². The summed E-state index contributed by atoms with van der Waals surface area (Å²) < 4.78 is 72.1. The number of fused-ring (bicyclic) bond motifs is 2. The fraction of sp³-hybridized carbons (Fsp3) is 0.381. The quantitative estimate of drug-likeness (QED) is 0.135. The molecule has 0 N–H and O–H groups in total. The topological polar surface area (TPSA) is 145 Å². The van der Waals surface area contributed by atoms with Crippen molar-refractivity contribution < 1.29 is 66.4 Å². The molecule has 0 fully saturated rings. The lowest BCUT2D eigenvalue weighted by Crippen LogP contribution is -2.40. The van der Waals surface area contributed by atoms with E-state index < -0.39 is 42.3 Å². The Morgan fingerprint density at radius 3 is 1.59 bits per heavy atom. The van der Waals surface area contributed by atoms with Crippen LogP contribution in [-0.2, 0) is 25.5 Å². The van der Waals surface area contributed by atoms with E-state index in [1.807, 2.05) is 12.1 Å². The van der Waals surface area contributed by atoms with Crippen LogP contribution >= 0.6 is 0 Å². The first-order valence-corrected chi connectivity index (χ1v) is 17.7. The van der Waals surface area contributed by atoms with Gasteiger partial charge in [-0.25, -0.2) is 0 Å². The third-order valence-corrected chi connectivity index (χ3v) is 9.90. The van der Waals surface area contributed by atoms with Crippen molar-refractivity contribution in [1.29, 1.82) is 0 Å². The monoisotopic (exact) mass is 774 g/mol. The van der Waals surface area contributed by atoms with Crippen LogP contribution in [0.1, 0.15) is 59.8 Å². The summed E-state index contributed by atoms with van der Waals surface area (Å²) >= 11 is 0. The Morgan fingerprint density at radius 2 is 1.07 bits per heavy atom. The number of esters is 2. The Labute approximate surface area is 325 Å². The zero-order chi connectivity index (χ0) is 40.3. The number of ether oxygens (including phenoxy) is 12. The van der Waals surface area contributed by atoms with Crippen LogP contribution in [0.15, 0.2) is 54.6 Å². The van der Waals surface area contributed by atoms with Crippen molar-refractivity contribution in [2.75, 3.05) is 56.9 Å². The summed E-state index contributed by atoms with van der Waals surface area (Å²) in [7, 11) is 12.3. The average Bonchev–Trinajstić information content (AvgIpc) is 3.21. The van der Waals surface area contributed by atoms with Gasteiger partial charge in [0.1, 0.15) is 40.6 Å². The SMILES string of the molecule is COc1cc(OC)c2c(c1)O[C@H](c1ccc(OC)c(OC)c1)[C@@H](OC(C)=O)[C@@H]2c1c(OC)cc(OC)c2c1O[C@H](c1ccc(OC)c(OC)c1)[C@@H](OC(C)=O)C2. The first-order chi connectivity index (χ1) is 27.0. The summed E-state index contributed by atoms with van der Waals surface area (Å²) in [6, 6.07) is 15.9. The molecule has 298 valence electrons. The second-order valence-corrected chi connectivity index (χ2v) is 13.0. The largest absolute Gasteiger partial charge is 0.496 e. The fourth-order valence-electron chi connectivity index (χ4n) is 7.51. The molecule has 2 aliphatic rings. The third-order valence-electron chi connectivity index (χ3n) is 9.90. The smallest absolute Gasteiger partial charge is 0.303 e. The van der Waals surface area contributed by atoms with Gasteiger partial charge in [-0.3, -0.25) is 9.59 Å². The van der Waals surface area contributed by atoms with Gasteiger partial charge in [0.15, 0.2) is 41.3 Å². The molecule has 0 spiro atoms. The van der Waals surface area contributed by atoms with Gasteiger partial charge in [-0.15, -0.1) is 0 Å². The molecule has 2 aliphatic heterocycles. The third kappa shape index (κ3) is 7.30. The summed E-state index contributed by atoms with van der Waals surface area (Å²) in [4.78, 5) is 25.7. The second kappa shape index (κ2) is 16.7. The van der Waals surface area contributed by atoms with E-state index in [2.05, 4.69) is 0 Å². The minimum absolute atomic E-state index is 0.182. The molecule has 0 radical (unpaired) electrons. The van der Waals surface area contributed by atoms with Crippen LogP contribution in [0.4, 0.5) is 0 Å². The van der Waals surface area contributed by atoms with Crippen LogP contribution in [0.2, 0.25) is 0 Å². The van der Waals surface area contributed by atoms with Gasteiger partial charge in [-0.1, -0.05) is 12.1 Å². The van der Waals surface area contributed by atoms with Gasteiger partial charge in [0.05, 0.1) is 62.8 Å². The summed E-state index contributed by atoms with van der Waals surface area (Å²) in [5, 5.41) is 0. The maximum absolute atomic E-state index is 13.2. The first kappa shape index (κ1) is 39.5. The van der Waals surface area contributed by atoms with Crippen LogP contribution in [0, 0.1) is 0 Å². The Morgan fingerprint density at radius 1 is 0.536 bits per heavy atom. The summed E-state index contributed by atoms with van der Waals surface area (Å²) in [5.41, 5.74) is 2.89. The molecule has 0 aromatic heterocycles. The van der Waals surface area contributed by atoms with E-state index in [1.165, 1.54) is 49.4 Å². The lowest BCUT2D eigenvalue weighted by molar-refractivity contribution is -0.154. The standard InChI is InChI=1S/C42H46O14/c1-21(43)53-35-19-26-29(48-6)20-33(52-10)37(41(26)56-39(35)23-11-13-27(46-4)30(15-23)49-7)38-36-32(51-9)17-25(45-3)18-34(36)55-40(42(38)54-22(2)44)24-12-14-28(47-5)31(16-24)50-8/h11-18,20,35,38-40,42H,19H2,1-10H3/t35-,38-,39+,40+,42-/m0/s1. The molecule has 4 aromatic carbocycles. The Hall–Kier alpha value is -6.18. The molecule has 0 aliphatic carbocycles. The van der Waals surface area contributed by atoms with Gasteiger partial charge >= 0.3 is 11.9 Å². The number of hydrogen-bond acceptors (Lipinski definition) is 14. The van der Waals surface area contributed by atoms with Crippen LogP contribution < -0.4 is 47.4 Å². The van der Waals surface area contributed by atoms with Crippen molar-refractivity contribution in [1.82, 2.24) is 0 Å². The molecule has 14 heteroatoms. The van der Waals surface area contributed by atoms with E-state index in [0.29, 0.717) is 85.3 Å². The molecule has 0 saturated carbocycles. The highest BCUT2D eigenvalue weighted by Crippen LogP contribution is 2.58. The van der Waals surface area contributed by atoms with Crippen molar-refractivity contribution in [3.63, 3.8) is 0 Å². The molecule has 4 aromatic rings. The van der Waals surface area contributed by atoms with E-state index in [0.717, 1.165) is 0 Å². The van der Waals surface area contributed by atoms with Crippen molar-refractivity contribution in [3.05, 3.63) is 82.4 Å². The maximum atomic E-state index is 13.2. The summed E-state index contributed by atoms with van der Waals surface area (Å²) in [6.45, 7) is 2.67. The lowest BCUT2D eigenvalue weighted by Gasteiger charge is -2.42. The van der Waals surface area contributed by atoms with E-state index >= 15 is 0 Å². The van der Waals surface area contributed by atoms with Crippen molar-refractivity contribution in [2.45, 2.75) is 50.6 Å². The number of hydrogen-bond donors (Lipinski definition) is 0. The predicted molar refractivity (Wildman–Crippen MR) is 202 cm³/mol. The van der Waals surface area contributed by atoms with Crippen LogP contribution in [0.25, 0.3) is 0 Å². The van der Waals surface area contributed by atoms with Crippen molar-refractivity contribution >= 4 is 11.9 Å². The Balaban J connectivity index is 1.67. The molecule has 2 heterocycles. The molecule has 0 bridgehead atoms. The first-order valence-electron chi connectivity index (χ1n) is 17.7. The molecular weight excluding hydrogens is 728 g/mol. The van der Waals surface area contributed by atoms with Crippen LogP contribution in [0.5, 0.6) is 57.5 Å².